The van der Waals surface area contributed by atoms with E-state index >= 15 is 0 Å². The smallest absolute Gasteiger partial charge is 0.220 e. The van der Waals surface area contributed by atoms with Crippen molar-refractivity contribution in [1.29, 1.82) is 5.26 Å². The maximum Gasteiger partial charge on any atom is 0.220 e. The maximum absolute atomic E-state index is 12.0. The third-order valence-electron chi connectivity index (χ3n) is 3.47. The van der Waals surface area contributed by atoms with Gasteiger partial charge in [-0.2, -0.15) is 5.26 Å². The van der Waals surface area contributed by atoms with Crippen molar-refractivity contribution in [1.82, 2.24) is 5.32 Å². The Balaban J connectivity index is 1.85. The summed E-state index contributed by atoms with van der Waals surface area (Å²) < 4.78 is 0. The highest BCUT2D eigenvalue weighted by Crippen LogP contribution is 2.14. The summed E-state index contributed by atoms with van der Waals surface area (Å²) in [4.78, 5) is 12.0. The number of benzene rings is 2. The minimum atomic E-state index is -0.0783. The molecule has 1 N–H and O–H groups in total. The zero-order valence-electron chi connectivity index (χ0n) is 12.3. The highest BCUT2D eigenvalue weighted by atomic mass is 35.5. The molecular weight excluding hydrogens is 296 g/mol. The molecule has 3 nitrogen and oxygen atoms in total. The van der Waals surface area contributed by atoms with Gasteiger partial charge in [0, 0.05) is 11.4 Å². The number of rotatable bonds is 5. The topological polar surface area (TPSA) is 52.9 Å². The van der Waals surface area contributed by atoms with Crippen LogP contribution in [0, 0.1) is 11.3 Å². The number of aryl methyl sites for hydroxylation is 1. The lowest BCUT2D eigenvalue weighted by Crippen LogP contribution is -2.26. The molecule has 0 aliphatic carbocycles. The van der Waals surface area contributed by atoms with Crippen LogP contribution in [0.2, 0.25) is 5.02 Å². The molecule has 0 aliphatic rings. The average molecular weight is 313 g/mol. The normalized spacial score (nSPS) is 11.5. The zero-order valence-corrected chi connectivity index (χ0v) is 13.1. The summed E-state index contributed by atoms with van der Waals surface area (Å²) in [7, 11) is 0. The molecule has 0 saturated carbocycles. The SMILES string of the molecule is CC(NC(=O)CCc1ccc(Cl)cc1)c1ccc(C#N)cc1. The van der Waals surface area contributed by atoms with Crippen molar-refractivity contribution in [3.63, 3.8) is 0 Å². The van der Waals surface area contributed by atoms with Gasteiger partial charge in [-0.15, -0.1) is 0 Å². The molecule has 0 fully saturated rings. The average Bonchev–Trinajstić information content (AvgIpc) is 2.54. The molecule has 0 spiro atoms. The Morgan fingerprint density at radius 1 is 1.18 bits per heavy atom. The van der Waals surface area contributed by atoms with E-state index in [0.717, 1.165) is 11.1 Å². The van der Waals surface area contributed by atoms with Gasteiger partial charge in [-0.05, 0) is 48.7 Å². The molecule has 0 saturated heterocycles. The van der Waals surface area contributed by atoms with Crippen molar-refractivity contribution in [2.75, 3.05) is 0 Å². The van der Waals surface area contributed by atoms with Crippen molar-refractivity contribution in [3.05, 3.63) is 70.2 Å². The van der Waals surface area contributed by atoms with E-state index in [2.05, 4.69) is 11.4 Å². The summed E-state index contributed by atoms with van der Waals surface area (Å²) in [5, 5.41) is 12.4. The van der Waals surface area contributed by atoms with E-state index in [1.54, 1.807) is 12.1 Å². The fourth-order valence-electron chi connectivity index (χ4n) is 2.15. The Morgan fingerprint density at radius 3 is 2.41 bits per heavy atom. The summed E-state index contributed by atoms with van der Waals surface area (Å²) >= 11 is 5.83. The number of hydrogen-bond donors (Lipinski definition) is 1. The summed E-state index contributed by atoms with van der Waals surface area (Å²) in [6.45, 7) is 1.93. The lowest BCUT2D eigenvalue weighted by molar-refractivity contribution is -0.121. The molecule has 2 rings (SSSR count). The fraction of sp³-hybridized carbons (Fsp3) is 0.222. The molecule has 0 aromatic heterocycles. The number of nitriles is 1. The number of halogens is 1. The Morgan fingerprint density at radius 2 is 1.82 bits per heavy atom. The van der Waals surface area contributed by atoms with E-state index in [1.807, 2.05) is 43.3 Å². The van der Waals surface area contributed by atoms with Crippen LogP contribution < -0.4 is 5.32 Å². The second-order valence-electron chi connectivity index (χ2n) is 5.15. The minimum absolute atomic E-state index is 0.00631. The first-order valence-corrected chi connectivity index (χ1v) is 7.50. The van der Waals surface area contributed by atoms with Crippen molar-refractivity contribution in [2.24, 2.45) is 0 Å². The van der Waals surface area contributed by atoms with Crippen LogP contribution in [0.4, 0.5) is 0 Å². The van der Waals surface area contributed by atoms with Crippen LogP contribution in [0.5, 0.6) is 0 Å². The van der Waals surface area contributed by atoms with Crippen LogP contribution in [-0.4, -0.2) is 5.91 Å². The number of nitrogens with one attached hydrogen (secondary N) is 1. The molecule has 0 bridgehead atoms. The van der Waals surface area contributed by atoms with Crippen LogP contribution in [0.3, 0.4) is 0 Å². The zero-order chi connectivity index (χ0) is 15.9. The van der Waals surface area contributed by atoms with Gasteiger partial charge in [0.1, 0.15) is 0 Å². The van der Waals surface area contributed by atoms with E-state index in [0.29, 0.717) is 23.4 Å². The molecule has 1 unspecified atom stereocenters. The summed E-state index contributed by atoms with van der Waals surface area (Å²) in [6, 6.07) is 16.8. The van der Waals surface area contributed by atoms with Crippen molar-refractivity contribution < 1.29 is 4.79 Å². The van der Waals surface area contributed by atoms with Gasteiger partial charge in [-0.1, -0.05) is 35.9 Å². The number of hydrogen-bond acceptors (Lipinski definition) is 2. The van der Waals surface area contributed by atoms with Crippen LogP contribution in [0.1, 0.15) is 36.1 Å². The largest absolute Gasteiger partial charge is 0.350 e. The van der Waals surface area contributed by atoms with Gasteiger partial charge in [0.05, 0.1) is 17.7 Å². The highest BCUT2D eigenvalue weighted by Gasteiger charge is 2.09. The van der Waals surface area contributed by atoms with E-state index in [9.17, 15) is 4.79 Å². The fourth-order valence-corrected chi connectivity index (χ4v) is 2.28. The molecule has 2 aromatic rings. The first kappa shape index (κ1) is 16.1. The predicted octanol–water partition coefficient (Wildman–Crippen LogP) is 4.02. The van der Waals surface area contributed by atoms with Crippen LogP contribution in [-0.2, 0) is 11.2 Å². The molecule has 2 aromatic carbocycles. The lowest BCUT2D eigenvalue weighted by Gasteiger charge is -2.14. The van der Waals surface area contributed by atoms with Crippen molar-refractivity contribution >= 4 is 17.5 Å². The third-order valence-corrected chi connectivity index (χ3v) is 3.72. The highest BCUT2D eigenvalue weighted by molar-refractivity contribution is 6.30. The van der Waals surface area contributed by atoms with Gasteiger partial charge in [0.2, 0.25) is 5.91 Å². The van der Waals surface area contributed by atoms with Gasteiger partial charge >= 0.3 is 0 Å². The molecular formula is C18H17ClN2O. The van der Waals surface area contributed by atoms with Gasteiger partial charge in [0.25, 0.3) is 0 Å². The second kappa shape index (κ2) is 7.63. The van der Waals surface area contributed by atoms with Gasteiger partial charge in [-0.3, -0.25) is 4.79 Å². The Kier molecular flexibility index (Phi) is 5.57. The van der Waals surface area contributed by atoms with Crippen LogP contribution in [0.15, 0.2) is 48.5 Å². The second-order valence-corrected chi connectivity index (χ2v) is 5.59. The first-order chi connectivity index (χ1) is 10.6. The molecule has 22 heavy (non-hydrogen) atoms. The lowest BCUT2D eigenvalue weighted by atomic mass is 10.1. The van der Waals surface area contributed by atoms with E-state index in [-0.39, 0.29) is 11.9 Å². The quantitative estimate of drug-likeness (QED) is 0.906. The number of carbonyl (C=O) groups excluding carboxylic acids is 1. The Labute approximate surface area is 135 Å². The molecule has 112 valence electrons. The van der Waals surface area contributed by atoms with E-state index in [1.165, 1.54) is 0 Å². The van der Waals surface area contributed by atoms with Gasteiger partial charge in [-0.25, -0.2) is 0 Å². The number of nitrogens with zero attached hydrogens (tertiary/aromatic N) is 1. The van der Waals surface area contributed by atoms with Crippen LogP contribution >= 0.6 is 11.6 Å². The molecule has 0 aliphatic heterocycles. The summed E-state index contributed by atoms with van der Waals surface area (Å²) in [5.74, 6) is 0.00631. The number of carbonyl (C=O) groups is 1. The van der Waals surface area contributed by atoms with Crippen molar-refractivity contribution in [3.8, 4) is 6.07 Å². The van der Waals surface area contributed by atoms with E-state index in [4.69, 9.17) is 16.9 Å². The Bertz CT molecular complexity index is 672. The van der Waals surface area contributed by atoms with Crippen molar-refractivity contribution in [2.45, 2.75) is 25.8 Å². The first-order valence-electron chi connectivity index (χ1n) is 7.12. The Hall–Kier alpha value is -2.31. The standard InChI is InChI=1S/C18H17ClN2O/c1-13(16-7-2-15(12-20)3-8-16)21-18(22)11-6-14-4-9-17(19)10-5-14/h2-5,7-10,13H,6,11H2,1H3,(H,21,22). The third kappa shape index (κ3) is 4.61. The molecule has 0 heterocycles. The summed E-state index contributed by atoms with van der Waals surface area (Å²) in [5.41, 5.74) is 2.69. The molecule has 4 heteroatoms. The minimum Gasteiger partial charge on any atom is -0.350 e. The summed E-state index contributed by atoms with van der Waals surface area (Å²) in [6.07, 6.45) is 1.12. The number of amides is 1. The molecule has 1 atom stereocenters. The molecule has 1 amide bonds. The van der Waals surface area contributed by atoms with E-state index < -0.39 is 0 Å². The van der Waals surface area contributed by atoms with Gasteiger partial charge in [0.15, 0.2) is 0 Å². The van der Waals surface area contributed by atoms with Gasteiger partial charge < -0.3 is 5.32 Å². The molecule has 0 radical (unpaired) electrons. The maximum atomic E-state index is 12.0. The monoisotopic (exact) mass is 312 g/mol. The predicted molar refractivity (Wildman–Crippen MR) is 87.5 cm³/mol. The van der Waals surface area contributed by atoms with Crippen LogP contribution in [0.25, 0.3) is 0 Å².